The first-order valence-electron chi connectivity index (χ1n) is 7.49. The molecule has 1 aromatic carbocycles. The first kappa shape index (κ1) is 17.2. The zero-order valence-electron chi connectivity index (χ0n) is 13.9. The van der Waals surface area contributed by atoms with Gasteiger partial charge in [0, 0.05) is 18.7 Å². The highest BCUT2D eigenvalue weighted by Gasteiger charge is 2.12. The van der Waals surface area contributed by atoms with Crippen molar-refractivity contribution in [3.8, 4) is 17.0 Å². The van der Waals surface area contributed by atoms with Crippen LogP contribution in [0.2, 0.25) is 0 Å². The number of nitrogens with one attached hydrogen (secondary N) is 1. The van der Waals surface area contributed by atoms with Crippen LogP contribution in [-0.2, 0) is 7.05 Å². The number of carbonyl (C=O) groups is 1. The monoisotopic (exact) mass is 355 g/mol. The Hall–Kier alpha value is -3.62. The number of nitrogens with zero attached hydrogens (tertiary/aromatic N) is 4. The summed E-state index contributed by atoms with van der Waals surface area (Å²) in [5.74, 6) is -0.736. The van der Waals surface area contributed by atoms with Crippen molar-refractivity contribution in [2.45, 2.75) is 0 Å². The second kappa shape index (κ2) is 7.09. The molecule has 0 bridgehead atoms. The number of halogens is 1. The van der Waals surface area contributed by atoms with Gasteiger partial charge in [0.1, 0.15) is 12.0 Å². The number of hydrogen-bond acceptors (Lipinski definition) is 6. The van der Waals surface area contributed by atoms with E-state index in [0.717, 1.165) is 4.68 Å². The van der Waals surface area contributed by atoms with Crippen molar-refractivity contribution in [3.05, 3.63) is 64.6 Å². The van der Waals surface area contributed by atoms with Gasteiger partial charge in [-0.15, -0.1) is 0 Å². The highest BCUT2D eigenvalue weighted by Crippen LogP contribution is 2.25. The predicted octanol–water partition coefficient (Wildman–Crippen LogP) is 1.64. The second-order valence-corrected chi connectivity index (χ2v) is 5.27. The van der Waals surface area contributed by atoms with Crippen molar-refractivity contribution < 1.29 is 13.9 Å². The summed E-state index contributed by atoms with van der Waals surface area (Å²) in [7, 11) is 2.84. The van der Waals surface area contributed by atoms with E-state index in [0.29, 0.717) is 11.3 Å². The van der Waals surface area contributed by atoms with Gasteiger partial charge in [0.2, 0.25) is 0 Å². The number of aryl methyl sites for hydroxylation is 1. The molecule has 0 fully saturated rings. The van der Waals surface area contributed by atoms with E-state index in [-0.39, 0.29) is 22.8 Å². The van der Waals surface area contributed by atoms with Crippen LogP contribution in [0.25, 0.3) is 11.3 Å². The Morgan fingerprint density at radius 3 is 2.73 bits per heavy atom. The molecule has 2 heterocycles. The number of carbonyl (C=O) groups excluding carboxylic acids is 1. The van der Waals surface area contributed by atoms with Gasteiger partial charge in [0.15, 0.2) is 17.4 Å². The average Bonchev–Trinajstić information content (AvgIpc) is 2.65. The normalized spacial score (nSPS) is 10.4. The summed E-state index contributed by atoms with van der Waals surface area (Å²) in [6.07, 6.45) is 1.23. The predicted molar refractivity (Wildman–Crippen MR) is 91.4 cm³/mol. The molecule has 26 heavy (non-hydrogen) atoms. The minimum Gasteiger partial charge on any atom is -0.494 e. The molecule has 0 aliphatic heterocycles. The van der Waals surface area contributed by atoms with Gasteiger partial charge in [-0.25, -0.2) is 19.0 Å². The average molecular weight is 355 g/mol. The van der Waals surface area contributed by atoms with Gasteiger partial charge in [0.25, 0.3) is 11.5 Å². The van der Waals surface area contributed by atoms with Crippen LogP contribution in [0.15, 0.2) is 47.5 Å². The lowest BCUT2D eigenvalue weighted by molar-refractivity contribution is 0.102. The van der Waals surface area contributed by atoms with E-state index in [1.165, 1.54) is 56.9 Å². The largest absolute Gasteiger partial charge is 0.494 e. The standard InChI is InChI=1S/C17H14FN5O3/c1-23-16(24)6-5-15(22-23)21-17(25)13-8-12(19-9-20-13)10-3-4-11(18)14(7-10)26-2/h3-9H,1-2H3,(H,21,22,25). The highest BCUT2D eigenvalue weighted by atomic mass is 19.1. The van der Waals surface area contributed by atoms with E-state index in [9.17, 15) is 14.0 Å². The van der Waals surface area contributed by atoms with E-state index < -0.39 is 11.7 Å². The summed E-state index contributed by atoms with van der Waals surface area (Å²) >= 11 is 0. The summed E-state index contributed by atoms with van der Waals surface area (Å²) in [6.45, 7) is 0. The fourth-order valence-electron chi connectivity index (χ4n) is 2.21. The van der Waals surface area contributed by atoms with Crippen molar-refractivity contribution in [1.29, 1.82) is 0 Å². The molecule has 9 heteroatoms. The number of ether oxygens (including phenoxy) is 1. The van der Waals surface area contributed by atoms with Gasteiger partial charge in [-0.05, 0) is 30.3 Å². The molecular formula is C17H14FN5O3. The van der Waals surface area contributed by atoms with Crippen LogP contribution in [0.5, 0.6) is 5.75 Å². The minimum atomic E-state index is -0.520. The van der Waals surface area contributed by atoms with Gasteiger partial charge in [-0.2, -0.15) is 5.10 Å². The summed E-state index contributed by atoms with van der Waals surface area (Å²) < 4.78 is 19.6. The van der Waals surface area contributed by atoms with Gasteiger partial charge in [-0.1, -0.05) is 0 Å². The Morgan fingerprint density at radius 1 is 1.19 bits per heavy atom. The molecule has 0 spiro atoms. The Morgan fingerprint density at radius 2 is 2.00 bits per heavy atom. The van der Waals surface area contributed by atoms with E-state index in [4.69, 9.17) is 4.74 Å². The molecule has 3 rings (SSSR count). The topological polar surface area (TPSA) is 99.0 Å². The van der Waals surface area contributed by atoms with Gasteiger partial charge in [-0.3, -0.25) is 9.59 Å². The van der Waals surface area contributed by atoms with E-state index >= 15 is 0 Å². The van der Waals surface area contributed by atoms with Crippen molar-refractivity contribution in [2.24, 2.45) is 7.05 Å². The third kappa shape index (κ3) is 3.56. The molecule has 1 N–H and O–H groups in total. The first-order chi connectivity index (χ1) is 12.5. The van der Waals surface area contributed by atoms with Gasteiger partial charge < -0.3 is 10.1 Å². The lowest BCUT2D eigenvalue weighted by Gasteiger charge is -2.07. The van der Waals surface area contributed by atoms with Crippen LogP contribution in [0, 0.1) is 5.82 Å². The number of aromatic nitrogens is 4. The summed E-state index contributed by atoms with van der Waals surface area (Å²) in [4.78, 5) is 31.7. The van der Waals surface area contributed by atoms with Crippen LogP contribution in [0.4, 0.5) is 10.2 Å². The third-order valence-electron chi connectivity index (χ3n) is 3.55. The molecular weight excluding hydrogens is 341 g/mol. The zero-order chi connectivity index (χ0) is 18.7. The SMILES string of the molecule is COc1cc(-c2cc(C(=O)Nc3ccc(=O)n(C)n3)ncn2)ccc1F. The van der Waals surface area contributed by atoms with E-state index in [1.54, 1.807) is 0 Å². The number of benzene rings is 1. The van der Waals surface area contributed by atoms with Gasteiger partial charge >= 0.3 is 0 Å². The lowest BCUT2D eigenvalue weighted by Crippen LogP contribution is -2.22. The maximum atomic E-state index is 13.5. The molecule has 0 saturated carbocycles. The molecule has 132 valence electrons. The summed E-state index contributed by atoms with van der Waals surface area (Å²) in [6, 6.07) is 8.41. The zero-order valence-corrected chi connectivity index (χ0v) is 13.9. The van der Waals surface area contributed by atoms with Crippen molar-refractivity contribution in [1.82, 2.24) is 19.7 Å². The summed E-state index contributed by atoms with van der Waals surface area (Å²) in [5, 5.41) is 6.47. The Labute approximate surface area is 147 Å². The number of rotatable bonds is 4. The fraction of sp³-hybridized carbons (Fsp3) is 0.118. The quantitative estimate of drug-likeness (QED) is 0.764. The van der Waals surface area contributed by atoms with Gasteiger partial charge in [0.05, 0.1) is 12.8 Å². The van der Waals surface area contributed by atoms with Crippen LogP contribution in [-0.4, -0.2) is 32.8 Å². The van der Waals surface area contributed by atoms with Crippen molar-refractivity contribution in [2.75, 3.05) is 12.4 Å². The number of anilines is 1. The molecule has 2 aromatic heterocycles. The molecule has 0 saturated heterocycles. The van der Waals surface area contributed by atoms with E-state index in [1.807, 2.05) is 0 Å². The molecule has 0 radical (unpaired) electrons. The highest BCUT2D eigenvalue weighted by molar-refractivity contribution is 6.02. The molecule has 0 atom stereocenters. The molecule has 0 aliphatic rings. The van der Waals surface area contributed by atoms with Crippen molar-refractivity contribution in [3.63, 3.8) is 0 Å². The molecule has 0 aliphatic carbocycles. The first-order valence-corrected chi connectivity index (χ1v) is 7.49. The molecule has 1 amide bonds. The number of amides is 1. The third-order valence-corrected chi connectivity index (χ3v) is 3.55. The summed E-state index contributed by atoms with van der Waals surface area (Å²) in [5.41, 5.74) is 0.795. The smallest absolute Gasteiger partial charge is 0.275 e. The number of methoxy groups -OCH3 is 1. The molecule has 0 unspecified atom stereocenters. The maximum absolute atomic E-state index is 13.5. The Balaban J connectivity index is 1.87. The van der Waals surface area contributed by atoms with E-state index in [2.05, 4.69) is 20.4 Å². The Bertz CT molecular complexity index is 1030. The fourth-order valence-corrected chi connectivity index (χ4v) is 2.21. The molecule has 3 aromatic rings. The minimum absolute atomic E-state index is 0.0708. The van der Waals surface area contributed by atoms with Crippen molar-refractivity contribution >= 4 is 11.7 Å². The van der Waals surface area contributed by atoms with Crippen LogP contribution in [0.3, 0.4) is 0 Å². The number of hydrogen-bond donors (Lipinski definition) is 1. The second-order valence-electron chi connectivity index (χ2n) is 5.27. The molecule has 8 nitrogen and oxygen atoms in total. The van der Waals surface area contributed by atoms with Crippen LogP contribution in [0.1, 0.15) is 10.5 Å². The lowest BCUT2D eigenvalue weighted by atomic mass is 10.1. The maximum Gasteiger partial charge on any atom is 0.275 e. The van der Waals surface area contributed by atoms with Crippen LogP contribution < -0.4 is 15.6 Å². The Kier molecular flexibility index (Phi) is 4.70. The van der Waals surface area contributed by atoms with Crippen LogP contribution >= 0.6 is 0 Å².